The first kappa shape index (κ1) is 61.9. The number of hydrogen-bond acceptors (Lipinski definition) is 26. The number of carbonyl (C=O) groups excluding carboxylic acids is 6. The number of rotatable bonds is 29. The predicted octanol–water partition coefficient (Wildman–Crippen LogP) is -3.96. The van der Waals surface area contributed by atoms with Gasteiger partial charge in [0, 0.05) is 36.0 Å². The van der Waals surface area contributed by atoms with Crippen LogP contribution in [0.3, 0.4) is 0 Å². The van der Waals surface area contributed by atoms with Crippen LogP contribution in [0.1, 0.15) is 49.3 Å². The van der Waals surface area contributed by atoms with E-state index in [4.69, 9.17) is 58.1 Å². The van der Waals surface area contributed by atoms with Crippen LogP contribution in [0.4, 0.5) is 4.79 Å². The summed E-state index contributed by atoms with van der Waals surface area (Å²) in [7, 11) is 0. The number of aliphatic hydroxyl groups excluding tert-OH is 6. The number of nitrogens with zero attached hydrogens (tertiary/aromatic N) is 3. The van der Waals surface area contributed by atoms with Crippen molar-refractivity contribution >= 4 is 46.7 Å². The number of primary amides is 1. The maximum Gasteiger partial charge on any atom is 0.404 e. The number of carbonyl (C=O) groups is 6. The second-order valence-corrected chi connectivity index (χ2v) is 18.9. The van der Waals surface area contributed by atoms with Crippen molar-refractivity contribution in [1.29, 1.82) is 0 Å². The molecule has 0 radical (unpaired) electrons. The molecule has 0 spiro atoms. The summed E-state index contributed by atoms with van der Waals surface area (Å²) in [6.07, 6.45) is -18.0. The average molecular weight is 1150 g/mol. The van der Waals surface area contributed by atoms with Gasteiger partial charge in [-0.05, 0) is 29.8 Å². The van der Waals surface area contributed by atoms with E-state index in [1.54, 1.807) is 13.0 Å². The highest BCUT2D eigenvalue weighted by Gasteiger charge is 2.51. The van der Waals surface area contributed by atoms with E-state index < -0.39 is 154 Å². The van der Waals surface area contributed by atoms with Crippen LogP contribution in [0, 0.1) is 4.91 Å². The number of para-hydroxylation sites is 1. The molecular formula is C50H65N7O24. The van der Waals surface area contributed by atoms with Crippen LogP contribution < -0.4 is 27.2 Å². The summed E-state index contributed by atoms with van der Waals surface area (Å²) in [4.78, 5) is 108. The molecule has 0 aliphatic carbocycles. The summed E-state index contributed by atoms with van der Waals surface area (Å²) in [6, 6.07) is 9.41. The number of benzene rings is 1. The van der Waals surface area contributed by atoms with Crippen LogP contribution >= 0.6 is 0 Å². The molecule has 81 heavy (non-hydrogen) atoms. The number of ether oxygens (including phenoxy) is 10. The van der Waals surface area contributed by atoms with Gasteiger partial charge in [0.2, 0.25) is 23.3 Å². The average Bonchev–Trinajstić information content (AvgIpc) is 4.10. The number of nitroso groups, excluding NO2 is 1. The third kappa shape index (κ3) is 14.9. The van der Waals surface area contributed by atoms with Gasteiger partial charge >= 0.3 is 18.0 Å². The van der Waals surface area contributed by atoms with Crippen LogP contribution in [0.2, 0.25) is 0 Å². The van der Waals surface area contributed by atoms with E-state index in [2.05, 4.69) is 21.1 Å². The lowest BCUT2D eigenvalue weighted by atomic mass is 9.85. The minimum Gasteiger partial charge on any atom is -0.457 e. The van der Waals surface area contributed by atoms with Gasteiger partial charge in [0.15, 0.2) is 25.4 Å². The molecule has 12 atom stereocenters. The quantitative estimate of drug-likeness (QED) is 0.0107. The minimum absolute atomic E-state index is 0.0993. The second kappa shape index (κ2) is 28.8. The summed E-state index contributed by atoms with van der Waals surface area (Å²) in [5, 5.41) is 71.7. The fourth-order valence-corrected chi connectivity index (χ4v) is 9.53. The van der Waals surface area contributed by atoms with Crippen molar-refractivity contribution in [2.24, 2.45) is 10.9 Å². The van der Waals surface area contributed by atoms with Crippen molar-refractivity contribution in [2.45, 2.75) is 119 Å². The number of cyclic esters (lactones) is 1. The van der Waals surface area contributed by atoms with Gasteiger partial charge in [0.05, 0.1) is 94.7 Å². The maximum atomic E-state index is 14.0. The number of hydrogen-bond donors (Lipinski definition) is 10. The summed E-state index contributed by atoms with van der Waals surface area (Å²) in [5.74, 6) is -4.41. The minimum atomic E-state index is -2.07. The van der Waals surface area contributed by atoms with Crippen LogP contribution in [-0.4, -0.2) is 216 Å². The first-order valence-electron chi connectivity index (χ1n) is 25.8. The number of aromatic nitrogens is 2. The van der Waals surface area contributed by atoms with Gasteiger partial charge in [0.1, 0.15) is 55.4 Å². The normalized spacial score (nSPS) is 26.0. The molecule has 0 saturated carbocycles. The summed E-state index contributed by atoms with van der Waals surface area (Å²) in [5.41, 5.74) is 5.12. The summed E-state index contributed by atoms with van der Waals surface area (Å²) >= 11 is 0. The molecule has 2 saturated heterocycles. The predicted molar refractivity (Wildman–Crippen MR) is 269 cm³/mol. The molecule has 11 N–H and O–H groups in total. The number of nitrogens with one attached hydrogen (secondary N) is 3. The van der Waals surface area contributed by atoms with Crippen LogP contribution in [0.25, 0.3) is 22.3 Å². The van der Waals surface area contributed by atoms with Gasteiger partial charge in [0.25, 0.3) is 5.56 Å². The van der Waals surface area contributed by atoms with Crippen LogP contribution in [0.15, 0.2) is 46.4 Å². The Bertz CT molecular complexity index is 2790. The lowest BCUT2D eigenvalue weighted by molar-refractivity contribution is -0.308. The third-order valence-electron chi connectivity index (χ3n) is 13.6. The van der Waals surface area contributed by atoms with E-state index >= 15 is 0 Å². The van der Waals surface area contributed by atoms with E-state index in [-0.39, 0.29) is 83.4 Å². The standard InChI is InChI=1S/C50H65N7O24/c1-2-50(28-18-31-37-26(17-25-5-3-4-6-29(25)56-37)20-57(31)45(68)27(28)23-76-48(50)69)81-36(62)8-7-34(60)55-30(44(67)53-10-12-73-14-16-75-47-41(66)43(80-49(51)70)39(64)33(22-59)79-47)19-35(61)52-9-11-72-13-15-74-46-40(65)42(77-24-54-71)38(63)32(21-58)78-46/h3-6,17-18,30,32-33,38-43,46-47,58-59,63-66H,2,7-16,19-24H2,1H3,(H2,51,70)(H,52,61)(H,53,67)(H,55,60)/t30?,32-,33-,38+,39+,40-,41-,42-,43-,46-,47-,50-/m0/s1. The van der Waals surface area contributed by atoms with Gasteiger partial charge in [-0.2, -0.15) is 0 Å². The van der Waals surface area contributed by atoms with Crippen LogP contribution in [0.5, 0.6) is 0 Å². The Morgan fingerprint density at radius 2 is 1.47 bits per heavy atom. The molecule has 4 amide bonds. The Labute approximate surface area is 460 Å². The number of aliphatic hydroxyl groups is 6. The van der Waals surface area contributed by atoms with Crippen LogP contribution in [-0.2, 0) is 90.1 Å². The molecule has 31 nitrogen and oxygen atoms in total. The highest BCUT2D eigenvalue weighted by Crippen LogP contribution is 2.41. The second-order valence-electron chi connectivity index (χ2n) is 18.9. The Balaban J connectivity index is 0.924. The SMILES string of the molecule is CC[C@@]1(OC(=O)CCC(=O)NC(CC(=O)NCCOCCO[C@H]2O[C@@H](CO)[C@@H](O)[C@H](OCN=O)[C@@H]2O)C(=O)NCCOCCO[C@H]2O[C@@H](CO)[C@@H](O)[C@H](OC(N)=O)[C@@H]2O)C(=O)OCc2c1cc1n(c2=O)Cc2cc3ccccc3nc2-1. The van der Waals surface area contributed by atoms with E-state index in [1.807, 2.05) is 30.3 Å². The summed E-state index contributed by atoms with van der Waals surface area (Å²) in [6.45, 7) is -1.91. The Kier molecular flexibility index (Phi) is 22.0. The highest BCUT2D eigenvalue weighted by atomic mass is 16.7. The number of nitrogens with two attached hydrogens (primary N) is 1. The molecule has 2 fully saturated rings. The van der Waals surface area contributed by atoms with Crippen molar-refractivity contribution in [3.63, 3.8) is 0 Å². The van der Waals surface area contributed by atoms with Crippen molar-refractivity contribution in [1.82, 2.24) is 25.5 Å². The molecular weight excluding hydrogens is 1080 g/mol. The van der Waals surface area contributed by atoms with E-state index in [1.165, 1.54) is 4.57 Å². The molecule has 444 valence electrons. The molecule has 3 aromatic rings. The molecule has 4 aliphatic heterocycles. The Morgan fingerprint density at radius 3 is 2.11 bits per heavy atom. The first-order chi connectivity index (χ1) is 38.9. The van der Waals surface area contributed by atoms with Crippen molar-refractivity contribution < 1.29 is 107 Å². The number of pyridine rings is 2. The molecule has 6 heterocycles. The molecule has 4 aliphatic rings. The molecule has 1 aromatic carbocycles. The van der Waals surface area contributed by atoms with E-state index in [0.29, 0.717) is 16.9 Å². The molecule has 0 bridgehead atoms. The van der Waals surface area contributed by atoms with E-state index in [0.717, 1.165) is 10.9 Å². The van der Waals surface area contributed by atoms with Crippen molar-refractivity contribution in [3.05, 3.63) is 68.3 Å². The molecule has 2 aromatic heterocycles. The number of esters is 2. The lowest BCUT2D eigenvalue weighted by Gasteiger charge is -2.41. The monoisotopic (exact) mass is 1150 g/mol. The van der Waals surface area contributed by atoms with Crippen molar-refractivity contribution in [2.75, 3.05) is 72.7 Å². The number of fused-ring (bicyclic) bond motifs is 5. The Morgan fingerprint density at radius 1 is 0.827 bits per heavy atom. The maximum absolute atomic E-state index is 14.0. The fourth-order valence-electron chi connectivity index (χ4n) is 9.53. The third-order valence-corrected chi connectivity index (χ3v) is 13.6. The van der Waals surface area contributed by atoms with Gasteiger partial charge in [-0.15, -0.1) is 4.91 Å². The van der Waals surface area contributed by atoms with Gasteiger partial charge < -0.3 is 104 Å². The zero-order valence-corrected chi connectivity index (χ0v) is 43.8. The Hall–Kier alpha value is -6.72. The first-order valence-corrected chi connectivity index (χ1v) is 25.8. The van der Waals surface area contributed by atoms with Crippen molar-refractivity contribution in [3.8, 4) is 11.4 Å². The van der Waals surface area contributed by atoms with Gasteiger partial charge in [-0.1, -0.05) is 25.1 Å². The summed E-state index contributed by atoms with van der Waals surface area (Å²) < 4.78 is 55.3. The lowest BCUT2D eigenvalue weighted by Crippen LogP contribution is -2.60. The zero-order chi connectivity index (χ0) is 58.4. The van der Waals surface area contributed by atoms with E-state index in [9.17, 15) is 69.1 Å². The fraction of sp³-hybridized carbons (Fsp3) is 0.600. The molecule has 1 unspecified atom stereocenters. The molecule has 31 heteroatoms. The zero-order valence-electron chi connectivity index (χ0n) is 43.8. The number of amides is 4. The largest absolute Gasteiger partial charge is 0.457 e. The highest BCUT2D eigenvalue weighted by molar-refractivity contribution is 5.93. The molecule has 7 rings (SSSR count). The van der Waals surface area contributed by atoms with Gasteiger partial charge in [-0.25, -0.2) is 14.6 Å². The smallest absolute Gasteiger partial charge is 0.404 e. The topological polar surface area (TPSA) is 443 Å². The van der Waals surface area contributed by atoms with Gasteiger partial charge in [-0.3, -0.25) is 24.0 Å².